The molecular formula is C15H17F2N3O. The van der Waals surface area contributed by atoms with Gasteiger partial charge in [-0.3, -0.25) is 0 Å². The summed E-state index contributed by atoms with van der Waals surface area (Å²) in [6.07, 6.45) is 3.76. The Balaban J connectivity index is 1.90. The van der Waals surface area contributed by atoms with E-state index in [4.69, 9.17) is 10.3 Å². The predicted octanol–water partition coefficient (Wildman–Crippen LogP) is 3.38. The Morgan fingerprint density at radius 2 is 2.14 bits per heavy atom. The molecule has 2 aromatic rings. The highest BCUT2D eigenvalue weighted by Crippen LogP contribution is 2.37. The summed E-state index contributed by atoms with van der Waals surface area (Å²) in [5.41, 5.74) is 6.15. The zero-order valence-electron chi connectivity index (χ0n) is 11.8. The van der Waals surface area contributed by atoms with Gasteiger partial charge in [-0.05, 0) is 37.0 Å². The summed E-state index contributed by atoms with van der Waals surface area (Å²) in [5.74, 6) is -0.745. The average Bonchev–Trinajstić information content (AvgIpc) is 2.92. The zero-order valence-corrected chi connectivity index (χ0v) is 11.8. The van der Waals surface area contributed by atoms with Gasteiger partial charge in [-0.2, -0.15) is 4.98 Å². The fourth-order valence-corrected chi connectivity index (χ4v) is 2.97. The van der Waals surface area contributed by atoms with Crippen LogP contribution in [0.3, 0.4) is 0 Å². The number of hydrogen-bond acceptors (Lipinski definition) is 4. The molecular weight excluding hydrogens is 276 g/mol. The smallest absolute Gasteiger partial charge is 0.258 e. The molecule has 4 nitrogen and oxygen atoms in total. The lowest BCUT2D eigenvalue weighted by Gasteiger charge is -2.33. The third-order valence-electron chi connectivity index (χ3n) is 4.07. The molecule has 0 saturated heterocycles. The first kappa shape index (κ1) is 14.1. The van der Waals surface area contributed by atoms with E-state index in [0.717, 1.165) is 37.8 Å². The van der Waals surface area contributed by atoms with Gasteiger partial charge in [0.1, 0.15) is 0 Å². The van der Waals surface area contributed by atoms with E-state index in [0.29, 0.717) is 17.3 Å². The van der Waals surface area contributed by atoms with Crippen LogP contribution in [0, 0.1) is 17.6 Å². The molecule has 0 spiro atoms. The van der Waals surface area contributed by atoms with E-state index >= 15 is 0 Å². The third-order valence-corrected chi connectivity index (χ3v) is 4.07. The summed E-state index contributed by atoms with van der Waals surface area (Å²) in [6.45, 7) is 2.15. The second-order valence-corrected chi connectivity index (χ2v) is 5.91. The lowest BCUT2D eigenvalue weighted by Crippen LogP contribution is -2.42. The summed E-state index contributed by atoms with van der Waals surface area (Å²) in [4.78, 5) is 4.29. The molecule has 0 amide bonds. The molecule has 1 aliphatic carbocycles. The maximum absolute atomic E-state index is 13.3. The van der Waals surface area contributed by atoms with Gasteiger partial charge in [-0.1, -0.05) is 24.9 Å². The number of aromatic nitrogens is 2. The van der Waals surface area contributed by atoms with Gasteiger partial charge in [0.05, 0.1) is 5.54 Å². The largest absolute Gasteiger partial charge is 0.334 e. The number of nitrogens with zero attached hydrogens (tertiary/aromatic N) is 2. The SMILES string of the molecule is CC1CCCC(N)(c2noc(-c3ccc(F)c(F)c3)n2)C1. The number of rotatable bonds is 2. The van der Waals surface area contributed by atoms with E-state index < -0.39 is 17.2 Å². The molecule has 2 atom stereocenters. The van der Waals surface area contributed by atoms with E-state index in [2.05, 4.69) is 17.1 Å². The molecule has 1 aliphatic rings. The quantitative estimate of drug-likeness (QED) is 0.922. The number of halogens is 2. The molecule has 2 N–H and O–H groups in total. The molecule has 0 radical (unpaired) electrons. The highest BCUT2D eigenvalue weighted by Gasteiger charge is 2.37. The number of benzene rings is 1. The molecule has 2 unspecified atom stereocenters. The van der Waals surface area contributed by atoms with Crippen molar-refractivity contribution in [3.05, 3.63) is 35.7 Å². The van der Waals surface area contributed by atoms with Crippen molar-refractivity contribution in [1.29, 1.82) is 0 Å². The standard InChI is InChI=1S/C15H17F2N3O/c1-9-3-2-6-15(18,8-9)14-19-13(21-20-14)10-4-5-11(16)12(17)7-10/h4-5,7,9H,2-3,6,8,18H2,1H3. The van der Waals surface area contributed by atoms with Crippen molar-refractivity contribution in [2.75, 3.05) is 0 Å². The summed E-state index contributed by atoms with van der Waals surface area (Å²) in [7, 11) is 0. The minimum atomic E-state index is -0.944. The molecule has 1 fully saturated rings. The van der Waals surface area contributed by atoms with Crippen LogP contribution in [0.15, 0.2) is 22.7 Å². The van der Waals surface area contributed by atoms with E-state index in [9.17, 15) is 8.78 Å². The summed E-state index contributed by atoms with van der Waals surface area (Å²) < 4.78 is 31.4. The van der Waals surface area contributed by atoms with Crippen molar-refractivity contribution < 1.29 is 13.3 Å². The van der Waals surface area contributed by atoms with E-state index in [-0.39, 0.29) is 5.89 Å². The zero-order chi connectivity index (χ0) is 15.0. The van der Waals surface area contributed by atoms with Gasteiger partial charge >= 0.3 is 0 Å². The van der Waals surface area contributed by atoms with E-state index in [1.165, 1.54) is 6.07 Å². The molecule has 1 heterocycles. The van der Waals surface area contributed by atoms with Crippen LogP contribution in [-0.4, -0.2) is 10.1 Å². The maximum atomic E-state index is 13.3. The fraction of sp³-hybridized carbons (Fsp3) is 0.467. The van der Waals surface area contributed by atoms with Gasteiger partial charge in [-0.15, -0.1) is 0 Å². The summed E-state index contributed by atoms with van der Waals surface area (Å²) >= 11 is 0. The minimum absolute atomic E-state index is 0.159. The van der Waals surface area contributed by atoms with Crippen molar-refractivity contribution in [2.45, 2.75) is 38.1 Å². The molecule has 0 aliphatic heterocycles. The summed E-state index contributed by atoms with van der Waals surface area (Å²) in [6, 6.07) is 3.48. The highest BCUT2D eigenvalue weighted by molar-refractivity contribution is 5.52. The van der Waals surface area contributed by atoms with Crippen LogP contribution in [0.5, 0.6) is 0 Å². The Labute approximate surface area is 121 Å². The van der Waals surface area contributed by atoms with Crippen LogP contribution < -0.4 is 5.73 Å². The third kappa shape index (κ3) is 2.68. The first-order valence-electron chi connectivity index (χ1n) is 7.06. The van der Waals surface area contributed by atoms with Gasteiger partial charge in [0.15, 0.2) is 17.5 Å². The van der Waals surface area contributed by atoms with Gasteiger partial charge in [0, 0.05) is 5.56 Å². The Kier molecular flexibility index (Phi) is 3.49. The minimum Gasteiger partial charge on any atom is -0.334 e. The van der Waals surface area contributed by atoms with Crippen molar-refractivity contribution in [3.8, 4) is 11.5 Å². The van der Waals surface area contributed by atoms with Gasteiger partial charge in [0.25, 0.3) is 5.89 Å². The Hall–Kier alpha value is -1.82. The lowest BCUT2D eigenvalue weighted by atomic mass is 9.76. The Morgan fingerprint density at radius 3 is 2.86 bits per heavy atom. The Bertz CT molecular complexity index is 658. The fourth-order valence-electron chi connectivity index (χ4n) is 2.97. The normalized spacial score (nSPS) is 26.0. The molecule has 6 heteroatoms. The molecule has 112 valence electrons. The Morgan fingerprint density at radius 1 is 1.33 bits per heavy atom. The van der Waals surface area contributed by atoms with Crippen molar-refractivity contribution in [1.82, 2.24) is 10.1 Å². The van der Waals surface area contributed by atoms with Crippen LogP contribution in [0.25, 0.3) is 11.5 Å². The molecule has 1 aromatic heterocycles. The van der Waals surface area contributed by atoms with Gasteiger partial charge in [0.2, 0.25) is 0 Å². The second kappa shape index (κ2) is 5.18. The first-order valence-corrected chi connectivity index (χ1v) is 7.06. The van der Waals surface area contributed by atoms with Crippen LogP contribution in [-0.2, 0) is 5.54 Å². The van der Waals surface area contributed by atoms with Crippen LogP contribution in [0.2, 0.25) is 0 Å². The van der Waals surface area contributed by atoms with Crippen LogP contribution in [0.4, 0.5) is 8.78 Å². The number of nitrogens with two attached hydrogens (primary N) is 1. The average molecular weight is 293 g/mol. The topological polar surface area (TPSA) is 64.9 Å². The van der Waals surface area contributed by atoms with Crippen molar-refractivity contribution >= 4 is 0 Å². The predicted molar refractivity (Wildman–Crippen MR) is 73.1 cm³/mol. The molecule has 1 aromatic carbocycles. The maximum Gasteiger partial charge on any atom is 0.258 e. The van der Waals surface area contributed by atoms with Crippen LogP contribution >= 0.6 is 0 Å². The number of hydrogen-bond donors (Lipinski definition) is 1. The second-order valence-electron chi connectivity index (χ2n) is 5.91. The lowest BCUT2D eigenvalue weighted by molar-refractivity contribution is 0.222. The first-order chi connectivity index (χ1) is 9.98. The van der Waals surface area contributed by atoms with Crippen molar-refractivity contribution in [3.63, 3.8) is 0 Å². The highest BCUT2D eigenvalue weighted by atomic mass is 19.2. The molecule has 21 heavy (non-hydrogen) atoms. The van der Waals surface area contributed by atoms with E-state index in [1.807, 2.05) is 0 Å². The molecule has 1 saturated carbocycles. The van der Waals surface area contributed by atoms with Gasteiger partial charge < -0.3 is 10.3 Å². The van der Waals surface area contributed by atoms with E-state index in [1.54, 1.807) is 0 Å². The summed E-state index contributed by atoms with van der Waals surface area (Å²) in [5, 5.41) is 3.95. The molecule has 0 bridgehead atoms. The monoisotopic (exact) mass is 293 g/mol. The van der Waals surface area contributed by atoms with Crippen LogP contribution in [0.1, 0.15) is 38.4 Å². The van der Waals surface area contributed by atoms with Gasteiger partial charge in [-0.25, -0.2) is 8.78 Å². The molecule has 3 rings (SSSR count). The van der Waals surface area contributed by atoms with Crippen molar-refractivity contribution in [2.24, 2.45) is 11.7 Å².